The highest BCUT2D eigenvalue weighted by Gasteiger charge is 2.40. The maximum atomic E-state index is 12.7. The minimum atomic E-state index is -1.03. The third-order valence-electron chi connectivity index (χ3n) is 4.41. The lowest BCUT2D eigenvalue weighted by Crippen LogP contribution is -2.44. The van der Waals surface area contributed by atoms with Gasteiger partial charge in [0.05, 0.1) is 4.91 Å². The van der Waals surface area contributed by atoms with E-state index < -0.39 is 12.0 Å². The molecule has 0 radical (unpaired) electrons. The molecule has 1 N–H and O–H groups in total. The van der Waals surface area contributed by atoms with Gasteiger partial charge in [-0.25, -0.2) is 4.79 Å². The summed E-state index contributed by atoms with van der Waals surface area (Å²) in [6.07, 6.45) is 5.05. The first-order valence-electron chi connectivity index (χ1n) is 8.01. The number of nitrogens with zero attached hydrogens (tertiary/aromatic N) is 1. The highest BCUT2D eigenvalue weighted by molar-refractivity contribution is 8.26. The van der Waals surface area contributed by atoms with E-state index in [1.165, 1.54) is 4.90 Å². The van der Waals surface area contributed by atoms with Gasteiger partial charge in [-0.15, -0.1) is 0 Å². The van der Waals surface area contributed by atoms with E-state index in [2.05, 4.69) is 6.92 Å². The zero-order valence-corrected chi connectivity index (χ0v) is 16.4. The molecule has 25 heavy (non-hydrogen) atoms. The van der Waals surface area contributed by atoms with Crippen molar-refractivity contribution < 1.29 is 19.1 Å². The molecule has 2 fully saturated rings. The number of carboxylic acid groups (broad SMARTS) is 1. The summed E-state index contributed by atoms with van der Waals surface area (Å²) in [5, 5.41) is 9.46. The molecule has 0 aromatic carbocycles. The van der Waals surface area contributed by atoms with Gasteiger partial charge in [0.25, 0.3) is 5.91 Å². The van der Waals surface area contributed by atoms with Crippen molar-refractivity contribution in [2.24, 2.45) is 5.92 Å². The topological polar surface area (TPSA) is 70.8 Å². The van der Waals surface area contributed by atoms with Crippen LogP contribution >= 0.6 is 35.7 Å². The Kier molecular flexibility index (Phi) is 5.60. The Balaban J connectivity index is 1.77. The highest BCUT2D eigenvalue weighted by atomic mass is 32.2. The van der Waals surface area contributed by atoms with Crippen molar-refractivity contribution in [1.82, 2.24) is 4.90 Å². The summed E-state index contributed by atoms with van der Waals surface area (Å²) in [4.78, 5) is 25.9. The molecule has 2 heterocycles. The Hall–Kier alpha value is -1.25. The lowest BCUT2D eigenvalue weighted by molar-refractivity contribution is -0.145. The summed E-state index contributed by atoms with van der Waals surface area (Å²) in [7, 11) is 0. The molecule has 1 amide bonds. The van der Waals surface area contributed by atoms with Crippen LogP contribution in [0.1, 0.15) is 37.2 Å². The quantitative estimate of drug-likeness (QED) is 0.554. The number of carbonyl (C=O) groups is 2. The molecule has 1 aliphatic carbocycles. The van der Waals surface area contributed by atoms with Crippen LogP contribution in [0, 0.1) is 5.92 Å². The maximum absolute atomic E-state index is 12.7. The van der Waals surface area contributed by atoms with Crippen molar-refractivity contribution in [3.8, 4) is 0 Å². The van der Waals surface area contributed by atoms with E-state index in [4.69, 9.17) is 16.6 Å². The van der Waals surface area contributed by atoms with Gasteiger partial charge in [-0.1, -0.05) is 30.9 Å². The third kappa shape index (κ3) is 3.96. The number of hydrogen-bond acceptors (Lipinski definition) is 6. The van der Waals surface area contributed by atoms with Crippen molar-refractivity contribution in [1.29, 1.82) is 0 Å². The van der Waals surface area contributed by atoms with Gasteiger partial charge in [0.15, 0.2) is 0 Å². The van der Waals surface area contributed by atoms with Gasteiger partial charge in [0.1, 0.15) is 21.9 Å². The summed E-state index contributed by atoms with van der Waals surface area (Å²) in [5.74, 6) is 1.91. The summed E-state index contributed by atoms with van der Waals surface area (Å²) in [6.45, 7) is 2.18. The molecule has 0 unspecified atom stereocenters. The lowest BCUT2D eigenvalue weighted by atomic mass is 10.2. The second-order valence-electron chi connectivity index (χ2n) is 6.25. The summed E-state index contributed by atoms with van der Waals surface area (Å²) < 4.78 is 6.09. The van der Waals surface area contributed by atoms with Gasteiger partial charge < -0.3 is 9.52 Å². The van der Waals surface area contributed by atoms with E-state index in [1.54, 1.807) is 17.8 Å². The Bertz CT molecular complexity index is 742. The van der Waals surface area contributed by atoms with Gasteiger partial charge in [-0.3, -0.25) is 9.69 Å². The standard InChI is InChI=1S/C17H19NO4S3/c1-9-7-11(9)13-4-3-10(22-13)8-14-15(19)18(17(23)25-14)12(16(20)21)5-6-24-2/h3-4,8-9,11-12H,5-7H2,1-2H3,(H,20,21)/b14-8-/t9-,11-,12-/m0/s1. The van der Waals surface area contributed by atoms with Crippen molar-refractivity contribution >= 4 is 58.0 Å². The number of furan rings is 1. The molecule has 1 saturated carbocycles. The smallest absolute Gasteiger partial charge is 0.326 e. The first kappa shape index (κ1) is 18.5. The normalized spacial score (nSPS) is 25.7. The van der Waals surface area contributed by atoms with Gasteiger partial charge in [0.2, 0.25) is 0 Å². The summed E-state index contributed by atoms with van der Waals surface area (Å²) >= 11 is 7.93. The number of thiocarbonyl (C=S) groups is 1. The third-order valence-corrected chi connectivity index (χ3v) is 6.39. The Labute approximate surface area is 160 Å². The van der Waals surface area contributed by atoms with Crippen LogP contribution < -0.4 is 0 Å². The minimum absolute atomic E-state index is 0.285. The van der Waals surface area contributed by atoms with E-state index >= 15 is 0 Å². The summed E-state index contributed by atoms with van der Waals surface area (Å²) in [6, 6.07) is 2.86. The first-order valence-corrected chi connectivity index (χ1v) is 10.6. The SMILES string of the molecule is CSCC[C@@H](C(=O)O)N1C(=O)/C(=C/c2ccc([C@H]3C[C@@H]3C)o2)SC1=S. The van der Waals surface area contributed by atoms with Gasteiger partial charge in [-0.2, -0.15) is 11.8 Å². The molecular formula is C17H19NO4S3. The average Bonchev–Trinajstić information content (AvgIpc) is 3.00. The fourth-order valence-corrected chi connectivity index (χ4v) is 4.63. The molecule has 3 rings (SSSR count). The zero-order chi connectivity index (χ0) is 18.1. The van der Waals surface area contributed by atoms with Crippen LogP contribution in [-0.2, 0) is 9.59 Å². The van der Waals surface area contributed by atoms with E-state index in [0.717, 1.165) is 23.9 Å². The molecule has 134 valence electrons. The number of rotatable bonds is 7. The van der Waals surface area contributed by atoms with Crippen LogP contribution in [0.3, 0.4) is 0 Å². The van der Waals surface area contributed by atoms with E-state index in [1.807, 2.05) is 18.4 Å². The first-order chi connectivity index (χ1) is 11.9. The maximum Gasteiger partial charge on any atom is 0.326 e. The van der Waals surface area contributed by atoms with E-state index in [9.17, 15) is 14.7 Å². The van der Waals surface area contributed by atoms with Crippen LogP contribution in [-0.4, -0.2) is 44.3 Å². The molecule has 8 heteroatoms. The van der Waals surface area contributed by atoms with Crippen molar-refractivity contribution in [3.05, 3.63) is 28.6 Å². The van der Waals surface area contributed by atoms with Crippen LogP contribution in [0.4, 0.5) is 0 Å². The Morgan fingerprint density at radius 1 is 1.60 bits per heavy atom. The summed E-state index contributed by atoms with van der Waals surface area (Å²) in [5.41, 5.74) is 0. The van der Waals surface area contributed by atoms with Gasteiger partial charge >= 0.3 is 5.97 Å². The number of carbonyl (C=O) groups excluding carboxylic acids is 1. The van der Waals surface area contributed by atoms with Gasteiger partial charge in [-0.05, 0) is 42.9 Å². The molecule has 1 aromatic rings. The molecule has 1 saturated heterocycles. The Morgan fingerprint density at radius 3 is 2.92 bits per heavy atom. The molecule has 0 spiro atoms. The van der Waals surface area contributed by atoms with Crippen molar-refractivity contribution in [3.63, 3.8) is 0 Å². The molecule has 3 atom stereocenters. The second kappa shape index (κ2) is 7.55. The molecule has 1 aromatic heterocycles. The van der Waals surface area contributed by atoms with Gasteiger partial charge in [0, 0.05) is 12.0 Å². The van der Waals surface area contributed by atoms with Crippen molar-refractivity contribution in [2.45, 2.75) is 31.7 Å². The number of hydrogen-bond donors (Lipinski definition) is 1. The fourth-order valence-electron chi connectivity index (χ4n) is 2.83. The van der Waals surface area contributed by atoms with Crippen LogP contribution in [0.25, 0.3) is 6.08 Å². The largest absolute Gasteiger partial charge is 0.480 e. The Morgan fingerprint density at radius 2 is 2.32 bits per heavy atom. The number of amides is 1. The fraction of sp³-hybridized carbons (Fsp3) is 0.471. The lowest BCUT2D eigenvalue weighted by Gasteiger charge is -2.22. The van der Waals surface area contributed by atoms with E-state index in [0.29, 0.717) is 34.7 Å². The van der Waals surface area contributed by atoms with Crippen LogP contribution in [0.15, 0.2) is 21.5 Å². The number of thioether (sulfide) groups is 2. The predicted molar refractivity (Wildman–Crippen MR) is 105 cm³/mol. The monoisotopic (exact) mass is 397 g/mol. The number of aliphatic carboxylic acids is 1. The van der Waals surface area contributed by atoms with Crippen LogP contribution in [0.2, 0.25) is 0 Å². The second-order valence-corrected chi connectivity index (χ2v) is 8.91. The van der Waals surface area contributed by atoms with E-state index in [-0.39, 0.29) is 10.2 Å². The molecule has 2 aliphatic rings. The average molecular weight is 398 g/mol. The highest BCUT2D eigenvalue weighted by Crippen LogP contribution is 2.47. The van der Waals surface area contributed by atoms with Crippen LogP contribution in [0.5, 0.6) is 0 Å². The number of carboxylic acids is 1. The zero-order valence-electron chi connectivity index (χ0n) is 13.9. The minimum Gasteiger partial charge on any atom is -0.480 e. The predicted octanol–water partition coefficient (Wildman–Crippen LogP) is 3.81. The molecule has 5 nitrogen and oxygen atoms in total. The molecule has 1 aliphatic heterocycles. The molecule has 0 bridgehead atoms. The van der Waals surface area contributed by atoms with Crippen molar-refractivity contribution in [2.75, 3.05) is 12.0 Å². The molecular weight excluding hydrogens is 378 g/mol.